The van der Waals surface area contributed by atoms with E-state index in [2.05, 4.69) is 4.98 Å². The first-order chi connectivity index (χ1) is 8.67. The zero-order valence-corrected chi connectivity index (χ0v) is 9.06. The summed E-state index contributed by atoms with van der Waals surface area (Å²) in [6.45, 7) is -0.0544. The molecular weight excluding hydrogens is 238 g/mol. The van der Waals surface area contributed by atoms with Crippen LogP contribution in [0.2, 0.25) is 0 Å². The Morgan fingerprint density at radius 3 is 2.67 bits per heavy atom. The first-order valence-corrected chi connectivity index (χ1v) is 4.95. The van der Waals surface area contributed by atoms with Gasteiger partial charge in [-0.3, -0.25) is 0 Å². The third-order valence-corrected chi connectivity index (χ3v) is 2.42. The average Bonchev–Trinajstić information content (AvgIpc) is 2.77. The van der Waals surface area contributed by atoms with Crippen molar-refractivity contribution in [2.24, 2.45) is 0 Å². The number of hydrogen-bond donors (Lipinski definition) is 0. The number of hydrogen-bond acceptors (Lipinski definition) is 3. The number of rotatable bonds is 2. The minimum atomic E-state index is -0.964. The van der Waals surface area contributed by atoms with Crippen LogP contribution in [0.5, 0.6) is 0 Å². The fourth-order valence-corrected chi connectivity index (χ4v) is 1.56. The quantitative estimate of drug-likeness (QED) is 0.810. The predicted octanol–water partition coefficient (Wildman–Crippen LogP) is 1.95. The van der Waals surface area contributed by atoms with E-state index in [1.807, 2.05) is 6.07 Å². The molecule has 0 aliphatic carbocycles. The van der Waals surface area contributed by atoms with Crippen molar-refractivity contribution in [2.45, 2.75) is 6.54 Å². The number of nitriles is 2. The second-order valence-corrected chi connectivity index (χ2v) is 3.51. The maximum Gasteiger partial charge on any atom is 0.176 e. The van der Waals surface area contributed by atoms with E-state index in [4.69, 9.17) is 10.5 Å². The van der Waals surface area contributed by atoms with Gasteiger partial charge in [-0.2, -0.15) is 10.5 Å². The lowest BCUT2D eigenvalue weighted by Crippen LogP contribution is -2.04. The van der Waals surface area contributed by atoms with E-state index in [9.17, 15) is 8.78 Å². The molecule has 2 rings (SSSR count). The molecule has 0 amide bonds. The fraction of sp³-hybridized carbons (Fsp3) is 0.0833. The molecule has 0 fully saturated rings. The van der Waals surface area contributed by atoms with Gasteiger partial charge in [0, 0.05) is 5.56 Å². The lowest BCUT2D eigenvalue weighted by atomic mass is 10.2. The van der Waals surface area contributed by atoms with E-state index in [-0.39, 0.29) is 23.5 Å². The summed E-state index contributed by atoms with van der Waals surface area (Å²) in [5, 5.41) is 17.6. The Morgan fingerprint density at radius 2 is 2.00 bits per heavy atom. The molecule has 1 heterocycles. The van der Waals surface area contributed by atoms with E-state index in [0.717, 1.165) is 6.07 Å². The van der Waals surface area contributed by atoms with Crippen LogP contribution in [0.1, 0.15) is 17.0 Å². The van der Waals surface area contributed by atoms with E-state index in [1.165, 1.54) is 23.0 Å². The van der Waals surface area contributed by atoms with Gasteiger partial charge in [0.1, 0.15) is 12.1 Å². The Hall–Kier alpha value is -2.73. The summed E-state index contributed by atoms with van der Waals surface area (Å²) in [7, 11) is 0. The largest absolute Gasteiger partial charge is 0.317 e. The SMILES string of the molecule is N#Cc1ncn(Cc2cccc(F)c2F)c1C#N. The lowest BCUT2D eigenvalue weighted by molar-refractivity contribution is 0.495. The molecule has 0 aliphatic rings. The second kappa shape index (κ2) is 4.64. The van der Waals surface area contributed by atoms with Crippen LogP contribution < -0.4 is 0 Å². The summed E-state index contributed by atoms with van der Waals surface area (Å²) < 4.78 is 27.8. The third kappa shape index (κ3) is 1.92. The standard InChI is InChI=1S/C12H6F2N4/c13-9-3-1-2-8(12(9)14)6-18-7-17-10(4-15)11(18)5-16/h1-3,7H,6H2. The van der Waals surface area contributed by atoms with Crippen LogP contribution in [0.25, 0.3) is 0 Å². The molecule has 0 aliphatic heterocycles. The van der Waals surface area contributed by atoms with Gasteiger partial charge in [-0.15, -0.1) is 0 Å². The Morgan fingerprint density at radius 1 is 1.22 bits per heavy atom. The molecular formula is C12H6F2N4. The fourth-order valence-electron chi connectivity index (χ4n) is 1.56. The van der Waals surface area contributed by atoms with Gasteiger partial charge < -0.3 is 4.57 Å². The summed E-state index contributed by atoms with van der Waals surface area (Å²) in [5.41, 5.74) is 0.0869. The van der Waals surface area contributed by atoms with Gasteiger partial charge in [0.15, 0.2) is 23.0 Å². The highest BCUT2D eigenvalue weighted by Crippen LogP contribution is 2.14. The first-order valence-electron chi connectivity index (χ1n) is 4.95. The molecule has 88 valence electrons. The first kappa shape index (κ1) is 11.7. The summed E-state index contributed by atoms with van der Waals surface area (Å²) in [5.74, 6) is -1.92. The smallest absolute Gasteiger partial charge is 0.176 e. The molecule has 0 spiro atoms. The van der Waals surface area contributed by atoms with E-state index < -0.39 is 11.6 Å². The van der Waals surface area contributed by atoms with Crippen molar-refractivity contribution in [3.63, 3.8) is 0 Å². The molecule has 1 aromatic heterocycles. The second-order valence-electron chi connectivity index (χ2n) is 3.51. The van der Waals surface area contributed by atoms with Gasteiger partial charge in [0.2, 0.25) is 0 Å². The molecule has 0 unspecified atom stereocenters. The maximum atomic E-state index is 13.5. The minimum absolute atomic E-state index is 0.0289. The molecule has 18 heavy (non-hydrogen) atoms. The molecule has 0 saturated heterocycles. The number of nitrogens with zero attached hydrogens (tertiary/aromatic N) is 4. The van der Waals surface area contributed by atoms with Gasteiger partial charge >= 0.3 is 0 Å². The van der Waals surface area contributed by atoms with Gasteiger partial charge in [-0.25, -0.2) is 13.8 Å². The number of halogens is 2. The van der Waals surface area contributed by atoms with Gasteiger partial charge in [-0.1, -0.05) is 12.1 Å². The van der Waals surface area contributed by atoms with E-state index in [1.54, 1.807) is 6.07 Å². The van der Waals surface area contributed by atoms with E-state index >= 15 is 0 Å². The van der Waals surface area contributed by atoms with Gasteiger partial charge in [-0.05, 0) is 6.07 Å². The molecule has 0 bridgehead atoms. The molecule has 6 heteroatoms. The topological polar surface area (TPSA) is 65.4 Å². The Labute approximate surface area is 101 Å². The Balaban J connectivity index is 2.42. The van der Waals surface area contributed by atoms with Gasteiger partial charge in [0.25, 0.3) is 0 Å². The van der Waals surface area contributed by atoms with Crippen molar-refractivity contribution in [2.75, 3.05) is 0 Å². The molecule has 0 saturated carbocycles. The number of aromatic nitrogens is 2. The summed E-state index contributed by atoms with van der Waals surface area (Å²) in [4.78, 5) is 3.72. The average molecular weight is 244 g/mol. The van der Waals surface area contributed by atoms with Crippen LogP contribution in [0.4, 0.5) is 8.78 Å². The Kier molecular flexibility index (Phi) is 3.03. The predicted molar refractivity (Wildman–Crippen MR) is 57.1 cm³/mol. The molecule has 0 radical (unpaired) electrons. The number of benzene rings is 1. The normalized spacial score (nSPS) is 9.78. The summed E-state index contributed by atoms with van der Waals surface area (Å²) >= 11 is 0. The van der Waals surface area contributed by atoms with Crippen molar-refractivity contribution < 1.29 is 8.78 Å². The van der Waals surface area contributed by atoms with Crippen molar-refractivity contribution >= 4 is 0 Å². The zero-order valence-electron chi connectivity index (χ0n) is 9.06. The third-order valence-electron chi connectivity index (χ3n) is 2.42. The zero-order chi connectivity index (χ0) is 13.1. The molecule has 0 atom stereocenters. The highest BCUT2D eigenvalue weighted by Gasteiger charge is 2.13. The highest BCUT2D eigenvalue weighted by atomic mass is 19.2. The van der Waals surface area contributed by atoms with Crippen molar-refractivity contribution in [3.8, 4) is 12.1 Å². The van der Waals surface area contributed by atoms with Gasteiger partial charge in [0.05, 0.1) is 12.9 Å². The molecule has 1 aromatic carbocycles. The lowest BCUT2D eigenvalue weighted by Gasteiger charge is -2.05. The van der Waals surface area contributed by atoms with Crippen LogP contribution >= 0.6 is 0 Å². The Bertz CT molecular complexity index is 676. The summed E-state index contributed by atoms with van der Waals surface area (Å²) in [6.07, 6.45) is 1.25. The minimum Gasteiger partial charge on any atom is -0.317 e. The van der Waals surface area contributed by atoms with Crippen LogP contribution in [0.15, 0.2) is 24.5 Å². The monoisotopic (exact) mass is 244 g/mol. The van der Waals surface area contributed by atoms with Crippen LogP contribution in [0, 0.1) is 34.3 Å². The molecule has 2 aromatic rings. The highest BCUT2D eigenvalue weighted by molar-refractivity contribution is 5.36. The summed E-state index contributed by atoms with van der Waals surface area (Å²) in [6, 6.07) is 7.37. The van der Waals surface area contributed by atoms with Crippen LogP contribution in [-0.2, 0) is 6.54 Å². The van der Waals surface area contributed by atoms with Crippen molar-refractivity contribution in [3.05, 3.63) is 53.1 Å². The molecule has 4 nitrogen and oxygen atoms in total. The van der Waals surface area contributed by atoms with Crippen LogP contribution in [0.3, 0.4) is 0 Å². The van der Waals surface area contributed by atoms with E-state index in [0.29, 0.717) is 0 Å². The number of imidazole rings is 1. The maximum absolute atomic E-state index is 13.5. The van der Waals surface area contributed by atoms with Crippen molar-refractivity contribution in [1.82, 2.24) is 9.55 Å². The van der Waals surface area contributed by atoms with Crippen LogP contribution in [-0.4, -0.2) is 9.55 Å². The van der Waals surface area contributed by atoms with Crippen molar-refractivity contribution in [1.29, 1.82) is 10.5 Å². The molecule has 0 N–H and O–H groups in total.